The van der Waals surface area contributed by atoms with E-state index in [0.29, 0.717) is 5.56 Å². The van der Waals surface area contributed by atoms with Crippen molar-refractivity contribution in [2.75, 3.05) is 6.61 Å². The molecule has 1 aromatic rings. The Kier molecular flexibility index (Phi) is 6.74. The fourth-order valence-corrected chi connectivity index (χ4v) is 3.06. The van der Waals surface area contributed by atoms with Gasteiger partial charge in [-0.15, -0.1) is 0 Å². The van der Waals surface area contributed by atoms with Gasteiger partial charge in [0.1, 0.15) is 12.7 Å². The Morgan fingerprint density at radius 1 is 1.21 bits per heavy atom. The zero-order valence-electron chi connectivity index (χ0n) is 17.3. The van der Waals surface area contributed by atoms with Crippen LogP contribution in [0.25, 0.3) is 0 Å². The van der Waals surface area contributed by atoms with E-state index < -0.39 is 42.3 Å². The minimum atomic E-state index is -1.50. The van der Waals surface area contributed by atoms with Gasteiger partial charge in [-0.3, -0.25) is 0 Å². The minimum absolute atomic E-state index is 0.00318. The predicted molar refractivity (Wildman–Crippen MR) is 107 cm³/mol. The second-order valence-electron chi connectivity index (χ2n) is 8.44. The maximum atomic E-state index is 12.3. The van der Waals surface area contributed by atoms with Gasteiger partial charge in [0.25, 0.3) is 0 Å². The number of rotatable bonds is 6. The number of hydrogen-bond acceptors (Lipinski definition) is 7. The molecule has 3 atom stereocenters. The molecule has 29 heavy (non-hydrogen) atoms. The van der Waals surface area contributed by atoms with Gasteiger partial charge in [0.15, 0.2) is 11.9 Å². The van der Waals surface area contributed by atoms with Crippen LogP contribution >= 0.6 is 0 Å². The molecule has 1 heterocycles. The quantitative estimate of drug-likeness (QED) is 0.491. The van der Waals surface area contributed by atoms with E-state index in [1.54, 1.807) is 12.1 Å². The van der Waals surface area contributed by atoms with Crippen LogP contribution in [-0.4, -0.2) is 46.1 Å². The molecule has 0 saturated carbocycles. The Labute approximate surface area is 170 Å². The number of aliphatic hydroxyl groups is 3. The average Bonchev–Trinajstić information content (AvgIpc) is 2.90. The second kappa shape index (κ2) is 8.69. The summed E-state index contributed by atoms with van der Waals surface area (Å²) < 4.78 is 9.68. The number of ether oxygens (including phenoxy) is 2. The minimum Gasteiger partial charge on any atom is -0.505 e. The number of carbonyl (C=O) groups excluding carboxylic acids is 2. The molecule has 3 N–H and O–H groups in total. The summed E-state index contributed by atoms with van der Waals surface area (Å²) in [6, 6.07) is 7.04. The van der Waals surface area contributed by atoms with Gasteiger partial charge in [0.05, 0.1) is 5.56 Å². The highest BCUT2D eigenvalue weighted by Crippen LogP contribution is 2.37. The van der Waals surface area contributed by atoms with Crippen molar-refractivity contribution >= 4 is 11.9 Å². The lowest BCUT2D eigenvalue weighted by Gasteiger charge is -2.29. The first kappa shape index (κ1) is 22.5. The molecule has 0 amide bonds. The number of hydrogen-bond donors (Lipinski definition) is 3. The normalized spacial score (nSPS) is 18.8. The van der Waals surface area contributed by atoms with Gasteiger partial charge in [-0.1, -0.05) is 44.6 Å². The molecule has 0 aromatic heterocycles. The first-order chi connectivity index (χ1) is 13.4. The van der Waals surface area contributed by atoms with E-state index >= 15 is 0 Å². The molecule has 1 aliphatic rings. The molecule has 7 nitrogen and oxygen atoms in total. The van der Waals surface area contributed by atoms with Crippen LogP contribution in [0.1, 0.15) is 56.5 Å². The number of benzene rings is 1. The van der Waals surface area contributed by atoms with Crippen LogP contribution in [-0.2, 0) is 14.3 Å². The van der Waals surface area contributed by atoms with Crippen molar-refractivity contribution in [3.05, 3.63) is 58.6 Å². The van der Waals surface area contributed by atoms with Crippen LogP contribution in [0.2, 0.25) is 0 Å². The molecule has 1 aromatic carbocycles. The van der Waals surface area contributed by atoms with Gasteiger partial charge in [-0.25, -0.2) is 9.59 Å². The average molecular weight is 404 g/mol. The summed E-state index contributed by atoms with van der Waals surface area (Å²) in [7, 11) is 0. The van der Waals surface area contributed by atoms with Crippen molar-refractivity contribution < 1.29 is 34.4 Å². The van der Waals surface area contributed by atoms with Crippen molar-refractivity contribution in [2.45, 2.75) is 52.7 Å². The highest BCUT2D eigenvalue weighted by atomic mass is 16.6. The van der Waals surface area contributed by atoms with Crippen LogP contribution in [0.15, 0.2) is 47.4 Å². The van der Waals surface area contributed by atoms with Crippen molar-refractivity contribution in [1.29, 1.82) is 0 Å². The van der Waals surface area contributed by atoms with Crippen LogP contribution in [0.3, 0.4) is 0 Å². The molecule has 0 fully saturated rings. The number of allylic oxidation sites excluding steroid dienone is 2. The molecule has 7 heteroatoms. The van der Waals surface area contributed by atoms with E-state index in [9.17, 15) is 24.9 Å². The summed E-state index contributed by atoms with van der Waals surface area (Å²) in [5, 5.41) is 28.8. The fraction of sp³-hybridized carbons (Fsp3) is 0.455. The zero-order chi connectivity index (χ0) is 21.9. The van der Waals surface area contributed by atoms with E-state index in [4.69, 9.17) is 4.74 Å². The van der Waals surface area contributed by atoms with Crippen LogP contribution < -0.4 is 0 Å². The van der Waals surface area contributed by atoms with Crippen molar-refractivity contribution in [3.8, 4) is 0 Å². The molecule has 0 spiro atoms. The molecular weight excluding hydrogens is 376 g/mol. The summed E-state index contributed by atoms with van der Waals surface area (Å²) >= 11 is 0. The number of esters is 2. The third-order valence-electron chi connectivity index (χ3n) is 4.61. The largest absolute Gasteiger partial charge is 0.505 e. The standard InChI is InChI=1S/C22H28O7/c1-12(2)10-15(22(3,4)5)13-6-8-14(9-7-13)20(26)28-11-16(23)19-17(24)18(25)21(27)29-19/h6-10,15-16,19,23-25H,11H2,1-5H3. The maximum absolute atomic E-state index is 12.3. The summed E-state index contributed by atoms with van der Waals surface area (Å²) in [5.74, 6) is -3.37. The van der Waals surface area contributed by atoms with E-state index in [2.05, 4.69) is 31.6 Å². The van der Waals surface area contributed by atoms with Gasteiger partial charge >= 0.3 is 11.9 Å². The highest BCUT2D eigenvalue weighted by Gasteiger charge is 2.39. The summed E-state index contributed by atoms with van der Waals surface area (Å²) in [4.78, 5) is 23.4. The van der Waals surface area contributed by atoms with E-state index in [1.807, 2.05) is 26.0 Å². The van der Waals surface area contributed by atoms with Crippen molar-refractivity contribution in [3.63, 3.8) is 0 Å². The second-order valence-corrected chi connectivity index (χ2v) is 8.44. The Bertz CT molecular complexity index is 824. The Balaban J connectivity index is 2.04. The van der Waals surface area contributed by atoms with Crippen molar-refractivity contribution in [1.82, 2.24) is 0 Å². The van der Waals surface area contributed by atoms with Gasteiger partial charge in [-0.2, -0.15) is 0 Å². The molecule has 1 aliphatic heterocycles. The molecule has 0 bridgehead atoms. The Morgan fingerprint density at radius 3 is 2.24 bits per heavy atom. The monoisotopic (exact) mass is 404 g/mol. The highest BCUT2D eigenvalue weighted by molar-refractivity contribution is 5.90. The smallest absolute Gasteiger partial charge is 0.377 e. The van der Waals surface area contributed by atoms with E-state index in [1.165, 1.54) is 5.57 Å². The summed E-state index contributed by atoms with van der Waals surface area (Å²) in [6.45, 7) is 10.0. The Hall–Kier alpha value is -2.80. The van der Waals surface area contributed by atoms with Gasteiger partial charge in [0.2, 0.25) is 5.76 Å². The fourth-order valence-electron chi connectivity index (χ4n) is 3.06. The first-order valence-electron chi connectivity index (χ1n) is 9.35. The molecule has 158 valence electrons. The lowest BCUT2D eigenvalue weighted by molar-refractivity contribution is -0.147. The van der Waals surface area contributed by atoms with Crippen molar-refractivity contribution in [2.24, 2.45) is 5.41 Å². The number of aliphatic hydroxyl groups excluding tert-OH is 3. The first-order valence-corrected chi connectivity index (χ1v) is 9.35. The molecule has 2 rings (SSSR count). The van der Waals surface area contributed by atoms with Gasteiger partial charge in [-0.05, 0) is 37.0 Å². The number of carbonyl (C=O) groups is 2. The molecule has 3 unspecified atom stereocenters. The van der Waals surface area contributed by atoms with Crippen LogP contribution in [0.5, 0.6) is 0 Å². The maximum Gasteiger partial charge on any atom is 0.377 e. The van der Waals surface area contributed by atoms with Gasteiger partial charge < -0.3 is 24.8 Å². The van der Waals surface area contributed by atoms with Crippen LogP contribution in [0.4, 0.5) is 0 Å². The molecule has 0 aliphatic carbocycles. The summed E-state index contributed by atoms with van der Waals surface area (Å²) in [6.07, 6.45) is -0.772. The van der Waals surface area contributed by atoms with E-state index in [-0.39, 0.29) is 11.3 Å². The zero-order valence-corrected chi connectivity index (χ0v) is 17.3. The SMILES string of the molecule is CC(C)=CC(c1ccc(C(=O)OCC(O)C2OC(=O)C(O)=C2O)cc1)C(C)(C)C. The number of cyclic esters (lactones) is 1. The third-order valence-corrected chi connectivity index (χ3v) is 4.61. The molecule has 0 radical (unpaired) electrons. The van der Waals surface area contributed by atoms with E-state index in [0.717, 1.165) is 5.56 Å². The third kappa shape index (κ3) is 5.38. The van der Waals surface area contributed by atoms with Gasteiger partial charge in [0, 0.05) is 5.92 Å². The predicted octanol–water partition coefficient (Wildman–Crippen LogP) is 3.55. The summed E-state index contributed by atoms with van der Waals surface area (Å²) in [5.41, 5.74) is 2.58. The van der Waals surface area contributed by atoms with Crippen LogP contribution in [0, 0.1) is 5.41 Å². The molecule has 0 saturated heterocycles. The Morgan fingerprint density at radius 2 is 1.79 bits per heavy atom. The topological polar surface area (TPSA) is 113 Å². The lowest BCUT2D eigenvalue weighted by atomic mass is 9.75. The molecular formula is C22H28O7. The lowest BCUT2D eigenvalue weighted by Crippen LogP contribution is -2.33.